The quantitative estimate of drug-likeness (QED) is 0.459. The third-order valence-electron chi connectivity index (χ3n) is 0. The fraction of sp³-hybridized carbons (Fsp3) is 0. The molecule has 0 aromatic heterocycles. The van der Waals surface area contributed by atoms with E-state index in [4.69, 9.17) is 0 Å². The van der Waals surface area contributed by atoms with Crippen LogP contribution in [0.2, 0.25) is 0 Å². The average Bonchev–Trinajstić information content (AvgIpc) is 0. The molecule has 22 valence electrons. The molecule has 0 saturated carbocycles. The molecule has 0 bridgehead atoms. The van der Waals surface area contributed by atoms with Crippen LogP contribution in [0.5, 0.6) is 0 Å². The number of halogens is 2. The maximum absolute atomic E-state index is 0. The topological polar surface area (TPSA) is 0 Å². The second kappa shape index (κ2) is 15.9. The van der Waals surface area contributed by atoms with Gasteiger partial charge in [0.15, 0.2) is 0 Å². The zero-order valence-corrected chi connectivity index (χ0v) is 3.35. The van der Waals surface area contributed by atoms with Crippen LogP contribution < -0.4 is 0 Å². The Morgan fingerprint density at radius 2 is 1.00 bits per heavy atom. The van der Waals surface area contributed by atoms with Crippen LogP contribution in [0, 0.1) is 0 Å². The van der Waals surface area contributed by atoms with Gasteiger partial charge in [0.05, 0.1) is 0 Å². The summed E-state index contributed by atoms with van der Waals surface area (Å²) in [6, 6.07) is 0. The Labute approximate surface area is 115 Å². The number of rotatable bonds is 0. The van der Waals surface area contributed by atoms with Crippen molar-refractivity contribution in [3.8, 4) is 0 Å². The molecule has 0 spiro atoms. The Morgan fingerprint density at radius 1 is 1.00 bits per heavy atom. The van der Waals surface area contributed by atoms with Gasteiger partial charge in [-0.05, 0) is 0 Å². The second-order valence-corrected chi connectivity index (χ2v) is 0. The Kier molecular flexibility index (Phi) is 101. The predicted octanol–water partition coefficient (Wildman–Crippen LogP) is -0.565. The van der Waals surface area contributed by atoms with Crippen molar-refractivity contribution in [1.82, 2.24) is 0 Å². The molecule has 0 saturated heterocycles. The molecule has 0 heterocycles. The van der Waals surface area contributed by atoms with Gasteiger partial charge < -0.3 is 0 Å². The molecule has 0 aliphatic heterocycles. The Balaban J connectivity index is 0. The van der Waals surface area contributed by atoms with Crippen LogP contribution in [0.25, 0.3) is 0 Å². The van der Waals surface area contributed by atoms with Crippen molar-refractivity contribution in [3.05, 3.63) is 0 Å². The van der Waals surface area contributed by atoms with Gasteiger partial charge in [-0.25, -0.2) is 0 Å². The molecular formula is H5BrCaClK. The summed E-state index contributed by atoms with van der Waals surface area (Å²) in [5, 5.41) is 0. The molecule has 4 heavy (non-hydrogen) atoms. The van der Waals surface area contributed by atoms with E-state index >= 15 is 0 Å². The van der Waals surface area contributed by atoms with Crippen LogP contribution in [-0.2, 0) is 0 Å². The van der Waals surface area contributed by atoms with E-state index in [1.54, 1.807) is 0 Å². The van der Waals surface area contributed by atoms with Gasteiger partial charge in [-0.15, -0.1) is 29.4 Å². The Morgan fingerprint density at radius 3 is 1.00 bits per heavy atom. The fourth-order valence-corrected chi connectivity index (χ4v) is 0. The van der Waals surface area contributed by atoms with Gasteiger partial charge >= 0.3 is 89.1 Å². The van der Waals surface area contributed by atoms with E-state index < -0.39 is 0 Å². The zero-order chi connectivity index (χ0) is 0. The summed E-state index contributed by atoms with van der Waals surface area (Å²) in [5.74, 6) is 0. The normalized spacial score (nSPS) is 0. The molecule has 0 nitrogen and oxygen atoms in total. The van der Waals surface area contributed by atoms with E-state index in [1.165, 1.54) is 0 Å². The molecule has 0 rings (SSSR count). The van der Waals surface area contributed by atoms with Gasteiger partial charge in [0.2, 0.25) is 0 Å². The molecule has 0 aromatic rings. The summed E-state index contributed by atoms with van der Waals surface area (Å²) in [7, 11) is 0. The van der Waals surface area contributed by atoms with Crippen molar-refractivity contribution in [2.24, 2.45) is 0 Å². The maximum atomic E-state index is 0. The van der Waals surface area contributed by atoms with Gasteiger partial charge in [0.1, 0.15) is 0 Å². The SMILES string of the molecule is Br.Cl.[CaH2].[KH]. The van der Waals surface area contributed by atoms with E-state index in [9.17, 15) is 0 Å². The van der Waals surface area contributed by atoms with Crippen molar-refractivity contribution in [2.75, 3.05) is 0 Å². The summed E-state index contributed by atoms with van der Waals surface area (Å²) in [6.45, 7) is 0. The van der Waals surface area contributed by atoms with Crippen LogP contribution in [0.4, 0.5) is 0 Å². The van der Waals surface area contributed by atoms with Gasteiger partial charge in [-0.1, -0.05) is 0 Å². The third kappa shape index (κ3) is 9.18. The first kappa shape index (κ1) is 25.3. The molecule has 0 fully saturated rings. The van der Waals surface area contributed by atoms with E-state index in [0.717, 1.165) is 0 Å². The Bertz CT molecular complexity index is 8.00. The summed E-state index contributed by atoms with van der Waals surface area (Å²) >= 11 is 0. The molecule has 0 atom stereocenters. The number of hydrogen-bond donors (Lipinski definition) is 0. The Hall–Kier alpha value is 3.67. The van der Waals surface area contributed by atoms with Crippen molar-refractivity contribution < 1.29 is 0 Å². The van der Waals surface area contributed by atoms with Gasteiger partial charge in [0.25, 0.3) is 0 Å². The first-order valence-electron chi connectivity index (χ1n) is 0. The van der Waals surface area contributed by atoms with Crippen LogP contribution >= 0.6 is 29.4 Å². The number of hydrogen-bond acceptors (Lipinski definition) is 0. The molecule has 0 radical (unpaired) electrons. The van der Waals surface area contributed by atoms with E-state index in [1.807, 2.05) is 0 Å². The van der Waals surface area contributed by atoms with Crippen molar-refractivity contribution >= 4 is 119 Å². The summed E-state index contributed by atoms with van der Waals surface area (Å²) in [6.07, 6.45) is 0. The molecule has 0 N–H and O–H groups in total. The molecule has 0 aromatic carbocycles. The van der Waals surface area contributed by atoms with Crippen molar-refractivity contribution in [1.29, 1.82) is 0 Å². The summed E-state index contributed by atoms with van der Waals surface area (Å²) in [4.78, 5) is 0. The van der Waals surface area contributed by atoms with Crippen molar-refractivity contribution in [3.63, 3.8) is 0 Å². The molecular weight excluding hydrogens is 195 g/mol. The fourth-order valence-electron chi connectivity index (χ4n) is 0. The molecule has 0 aliphatic rings. The zero-order valence-electron chi connectivity index (χ0n) is 0.816. The van der Waals surface area contributed by atoms with Crippen LogP contribution in [0.1, 0.15) is 0 Å². The predicted molar refractivity (Wildman–Crippen MR) is 33.3 cm³/mol. The summed E-state index contributed by atoms with van der Waals surface area (Å²) in [5.41, 5.74) is 0. The average molecular weight is 200 g/mol. The minimum atomic E-state index is 0. The van der Waals surface area contributed by atoms with Crippen LogP contribution in [0.15, 0.2) is 0 Å². The molecule has 0 amide bonds. The first-order valence-corrected chi connectivity index (χ1v) is 0. The van der Waals surface area contributed by atoms with E-state index in [2.05, 4.69) is 0 Å². The van der Waals surface area contributed by atoms with Crippen molar-refractivity contribution in [2.45, 2.75) is 0 Å². The first-order chi connectivity index (χ1) is 0. The van der Waals surface area contributed by atoms with Gasteiger partial charge in [0, 0.05) is 0 Å². The standard InChI is InChI=1S/BrH.Ca.ClH.K.3H/h1H;;1H;;;;. The second-order valence-electron chi connectivity index (χ2n) is 0. The molecule has 0 unspecified atom stereocenters. The van der Waals surface area contributed by atoms with E-state index in [0.29, 0.717) is 0 Å². The monoisotopic (exact) mass is 198 g/mol. The molecule has 4 heteroatoms. The van der Waals surface area contributed by atoms with Gasteiger partial charge in [-0.3, -0.25) is 0 Å². The van der Waals surface area contributed by atoms with E-state index in [-0.39, 0.29) is 119 Å². The van der Waals surface area contributed by atoms with Crippen LogP contribution in [0.3, 0.4) is 0 Å². The summed E-state index contributed by atoms with van der Waals surface area (Å²) < 4.78 is 0. The third-order valence-corrected chi connectivity index (χ3v) is 0. The van der Waals surface area contributed by atoms with Gasteiger partial charge in [-0.2, -0.15) is 0 Å². The van der Waals surface area contributed by atoms with Crippen LogP contribution in [-0.4, -0.2) is 89.1 Å². The minimum absolute atomic E-state index is 0. The molecule has 0 aliphatic carbocycles.